The summed E-state index contributed by atoms with van der Waals surface area (Å²) < 4.78 is 0. The highest BCUT2D eigenvalue weighted by molar-refractivity contribution is 5.78. The Balaban J connectivity index is 2.88. The normalized spacial score (nSPS) is 31.0. The fourth-order valence-corrected chi connectivity index (χ4v) is 2.15. The van der Waals surface area contributed by atoms with E-state index >= 15 is 0 Å². The first kappa shape index (κ1) is 11.2. The van der Waals surface area contributed by atoms with Crippen LogP contribution in [0.25, 0.3) is 0 Å². The van der Waals surface area contributed by atoms with Gasteiger partial charge in [0.15, 0.2) is 0 Å². The Morgan fingerprint density at radius 3 is 2.79 bits per heavy atom. The quantitative estimate of drug-likeness (QED) is 0.702. The van der Waals surface area contributed by atoms with E-state index < -0.39 is 11.5 Å². The van der Waals surface area contributed by atoms with Crippen LogP contribution >= 0.6 is 0 Å². The van der Waals surface area contributed by atoms with Crippen LogP contribution in [0.1, 0.15) is 33.1 Å². The molecule has 2 atom stereocenters. The summed E-state index contributed by atoms with van der Waals surface area (Å²) in [4.78, 5) is 13.3. The second-order valence-electron chi connectivity index (χ2n) is 4.21. The van der Waals surface area contributed by atoms with E-state index in [0.717, 1.165) is 25.8 Å². The molecule has 1 aliphatic rings. The number of likely N-dealkylation sites (tertiary alicyclic amines) is 1. The molecule has 0 spiro atoms. The lowest BCUT2D eigenvalue weighted by Crippen LogP contribution is -2.57. The van der Waals surface area contributed by atoms with E-state index in [1.165, 1.54) is 0 Å². The monoisotopic (exact) mass is 197 g/mol. The SMILES string of the molecule is C=CC(C)N1CCCCC1(C)C(=O)O. The molecule has 3 heteroatoms. The standard InChI is InChI=1S/C11H19NO2/c1-4-9(2)12-8-6-5-7-11(12,3)10(13)14/h4,9H,1,5-8H2,2-3H3,(H,13,14). The number of carboxylic acids is 1. The predicted molar refractivity (Wildman–Crippen MR) is 56.3 cm³/mol. The van der Waals surface area contributed by atoms with Crippen molar-refractivity contribution in [1.29, 1.82) is 0 Å². The van der Waals surface area contributed by atoms with Gasteiger partial charge in [-0.2, -0.15) is 0 Å². The van der Waals surface area contributed by atoms with E-state index in [2.05, 4.69) is 6.58 Å². The van der Waals surface area contributed by atoms with E-state index in [1.807, 2.05) is 24.8 Å². The molecule has 0 aliphatic carbocycles. The van der Waals surface area contributed by atoms with Crippen molar-refractivity contribution in [3.05, 3.63) is 12.7 Å². The Bertz CT molecular complexity index is 239. The number of rotatable bonds is 3. The fourth-order valence-electron chi connectivity index (χ4n) is 2.15. The lowest BCUT2D eigenvalue weighted by atomic mass is 9.87. The number of piperidine rings is 1. The van der Waals surface area contributed by atoms with Crippen LogP contribution < -0.4 is 0 Å². The maximum absolute atomic E-state index is 11.2. The number of carboxylic acid groups (broad SMARTS) is 1. The third-order valence-electron chi connectivity index (χ3n) is 3.24. The van der Waals surface area contributed by atoms with Crippen LogP contribution in [-0.4, -0.2) is 34.1 Å². The second kappa shape index (κ2) is 4.13. The average Bonchev–Trinajstić information content (AvgIpc) is 2.17. The van der Waals surface area contributed by atoms with E-state index in [0.29, 0.717) is 0 Å². The summed E-state index contributed by atoms with van der Waals surface area (Å²) in [5.41, 5.74) is -0.703. The summed E-state index contributed by atoms with van der Waals surface area (Å²) >= 11 is 0. The minimum Gasteiger partial charge on any atom is -0.480 e. The van der Waals surface area contributed by atoms with Crippen molar-refractivity contribution in [3.63, 3.8) is 0 Å². The molecule has 0 amide bonds. The minimum absolute atomic E-state index is 0.136. The number of nitrogens with zero attached hydrogens (tertiary/aromatic N) is 1. The Morgan fingerprint density at radius 1 is 1.64 bits per heavy atom. The largest absolute Gasteiger partial charge is 0.480 e. The van der Waals surface area contributed by atoms with Gasteiger partial charge in [0, 0.05) is 6.04 Å². The van der Waals surface area contributed by atoms with Gasteiger partial charge in [0.2, 0.25) is 0 Å². The summed E-state index contributed by atoms with van der Waals surface area (Å²) in [5.74, 6) is -0.717. The van der Waals surface area contributed by atoms with Crippen molar-refractivity contribution < 1.29 is 9.90 Å². The van der Waals surface area contributed by atoms with Crippen molar-refractivity contribution in [2.75, 3.05) is 6.54 Å². The molecule has 1 rings (SSSR count). The van der Waals surface area contributed by atoms with Crippen molar-refractivity contribution in [3.8, 4) is 0 Å². The number of hydrogen-bond acceptors (Lipinski definition) is 2. The fraction of sp³-hybridized carbons (Fsp3) is 0.727. The zero-order valence-electron chi connectivity index (χ0n) is 8.99. The molecule has 0 radical (unpaired) electrons. The van der Waals surface area contributed by atoms with E-state index in [1.54, 1.807) is 0 Å². The molecule has 1 aliphatic heterocycles. The first-order valence-electron chi connectivity index (χ1n) is 5.15. The molecule has 0 aromatic heterocycles. The second-order valence-corrected chi connectivity index (χ2v) is 4.21. The average molecular weight is 197 g/mol. The van der Waals surface area contributed by atoms with Crippen LogP contribution in [0.3, 0.4) is 0 Å². The Morgan fingerprint density at radius 2 is 2.29 bits per heavy atom. The van der Waals surface area contributed by atoms with Gasteiger partial charge in [0.25, 0.3) is 0 Å². The molecule has 2 unspecified atom stereocenters. The first-order chi connectivity index (χ1) is 6.52. The Hall–Kier alpha value is -0.830. The number of aliphatic carboxylic acids is 1. The van der Waals surface area contributed by atoms with Crippen LogP contribution in [0, 0.1) is 0 Å². The summed E-state index contributed by atoms with van der Waals surface area (Å²) in [6, 6.07) is 0.136. The van der Waals surface area contributed by atoms with Gasteiger partial charge in [-0.1, -0.05) is 6.08 Å². The lowest BCUT2D eigenvalue weighted by molar-refractivity contribution is -0.154. The predicted octanol–water partition coefficient (Wildman–Crippen LogP) is 1.89. The van der Waals surface area contributed by atoms with Gasteiger partial charge in [0.05, 0.1) is 0 Å². The first-order valence-corrected chi connectivity index (χ1v) is 5.15. The highest BCUT2D eigenvalue weighted by atomic mass is 16.4. The molecule has 1 fully saturated rings. The topological polar surface area (TPSA) is 40.5 Å². The van der Waals surface area contributed by atoms with Crippen molar-refractivity contribution in [2.45, 2.75) is 44.7 Å². The molecule has 14 heavy (non-hydrogen) atoms. The zero-order chi connectivity index (χ0) is 10.8. The minimum atomic E-state index is -0.717. The highest BCUT2D eigenvalue weighted by Crippen LogP contribution is 2.30. The molecule has 80 valence electrons. The number of carbonyl (C=O) groups is 1. The van der Waals surface area contributed by atoms with Gasteiger partial charge in [-0.05, 0) is 39.7 Å². The van der Waals surface area contributed by atoms with Gasteiger partial charge >= 0.3 is 5.97 Å². The van der Waals surface area contributed by atoms with Crippen molar-refractivity contribution in [2.24, 2.45) is 0 Å². The van der Waals surface area contributed by atoms with E-state index in [-0.39, 0.29) is 6.04 Å². The summed E-state index contributed by atoms with van der Waals surface area (Å²) in [6.07, 6.45) is 4.64. The van der Waals surface area contributed by atoms with Gasteiger partial charge < -0.3 is 5.11 Å². The summed E-state index contributed by atoms with van der Waals surface area (Å²) in [5, 5.41) is 9.24. The van der Waals surface area contributed by atoms with Gasteiger partial charge in [0.1, 0.15) is 5.54 Å². The third kappa shape index (κ3) is 1.82. The van der Waals surface area contributed by atoms with Crippen LogP contribution in [0.15, 0.2) is 12.7 Å². The molecule has 1 heterocycles. The molecule has 3 nitrogen and oxygen atoms in total. The van der Waals surface area contributed by atoms with Crippen LogP contribution in [0.4, 0.5) is 0 Å². The number of hydrogen-bond donors (Lipinski definition) is 1. The van der Waals surface area contributed by atoms with Gasteiger partial charge in [-0.3, -0.25) is 9.69 Å². The third-order valence-corrected chi connectivity index (χ3v) is 3.24. The maximum Gasteiger partial charge on any atom is 0.323 e. The van der Waals surface area contributed by atoms with E-state index in [4.69, 9.17) is 0 Å². The molecule has 0 aromatic carbocycles. The smallest absolute Gasteiger partial charge is 0.323 e. The lowest BCUT2D eigenvalue weighted by Gasteiger charge is -2.44. The molecule has 0 bridgehead atoms. The van der Waals surface area contributed by atoms with Gasteiger partial charge in [-0.25, -0.2) is 0 Å². The molecule has 0 aromatic rings. The van der Waals surface area contributed by atoms with Crippen LogP contribution in [0.2, 0.25) is 0 Å². The summed E-state index contributed by atoms with van der Waals surface area (Å²) in [7, 11) is 0. The van der Waals surface area contributed by atoms with E-state index in [9.17, 15) is 9.90 Å². The summed E-state index contributed by atoms with van der Waals surface area (Å²) in [6.45, 7) is 8.40. The van der Waals surface area contributed by atoms with Gasteiger partial charge in [-0.15, -0.1) is 6.58 Å². The zero-order valence-corrected chi connectivity index (χ0v) is 8.99. The van der Waals surface area contributed by atoms with Crippen LogP contribution in [-0.2, 0) is 4.79 Å². The highest BCUT2D eigenvalue weighted by Gasteiger charge is 2.42. The molecule has 0 saturated carbocycles. The van der Waals surface area contributed by atoms with Crippen molar-refractivity contribution >= 4 is 5.97 Å². The van der Waals surface area contributed by atoms with Crippen molar-refractivity contribution in [1.82, 2.24) is 4.90 Å². The molecular weight excluding hydrogens is 178 g/mol. The van der Waals surface area contributed by atoms with Crippen LogP contribution in [0.5, 0.6) is 0 Å². The maximum atomic E-state index is 11.2. The molecule has 1 N–H and O–H groups in total. The molecular formula is C11H19NO2. The Labute approximate surface area is 85.4 Å². The molecule has 1 saturated heterocycles. The Kier molecular flexibility index (Phi) is 3.32.